The molecule has 0 spiro atoms. The van der Waals surface area contributed by atoms with Crippen LogP contribution in [0.5, 0.6) is 11.5 Å². The van der Waals surface area contributed by atoms with Gasteiger partial charge in [0.15, 0.2) is 0 Å². The molecule has 0 bridgehead atoms. The van der Waals surface area contributed by atoms with Crippen molar-refractivity contribution in [1.82, 2.24) is 0 Å². The lowest BCUT2D eigenvalue weighted by atomic mass is 10.2. The molecule has 0 saturated carbocycles. The van der Waals surface area contributed by atoms with Gasteiger partial charge in [-0.15, -0.1) is 0 Å². The lowest BCUT2D eigenvalue weighted by molar-refractivity contribution is -0.385. The number of carbonyl (C=O) groups is 1. The molecular formula is C14H10INO5. The van der Waals surface area contributed by atoms with E-state index in [1.54, 1.807) is 12.1 Å². The van der Waals surface area contributed by atoms with Crippen LogP contribution in [-0.4, -0.2) is 18.0 Å². The third kappa shape index (κ3) is 3.69. The molecule has 0 heterocycles. The van der Waals surface area contributed by atoms with Gasteiger partial charge in [-0.3, -0.25) is 10.1 Å². The Bertz CT molecular complexity index is 684. The molecule has 0 aliphatic rings. The van der Waals surface area contributed by atoms with Gasteiger partial charge >= 0.3 is 11.7 Å². The molecule has 2 rings (SSSR count). The number of esters is 1. The molecule has 0 saturated heterocycles. The van der Waals surface area contributed by atoms with Crippen molar-refractivity contribution in [3.63, 3.8) is 0 Å². The van der Waals surface area contributed by atoms with Gasteiger partial charge in [0, 0.05) is 15.7 Å². The van der Waals surface area contributed by atoms with Crippen molar-refractivity contribution in [3.05, 3.63) is 61.7 Å². The number of nitro benzene ring substituents is 1. The minimum atomic E-state index is -0.586. The van der Waals surface area contributed by atoms with Gasteiger partial charge in [0.1, 0.15) is 5.75 Å². The van der Waals surface area contributed by atoms with Crippen LogP contribution < -0.4 is 4.74 Å². The van der Waals surface area contributed by atoms with Gasteiger partial charge in [-0.1, -0.05) is 0 Å². The first-order chi connectivity index (χ1) is 10.0. The van der Waals surface area contributed by atoms with Crippen LogP contribution in [0.25, 0.3) is 0 Å². The van der Waals surface area contributed by atoms with Gasteiger partial charge in [-0.25, -0.2) is 4.79 Å². The Balaban J connectivity index is 2.40. The first-order valence-electron chi connectivity index (χ1n) is 5.81. The van der Waals surface area contributed by atoms with Gasteiger partial charge in [0.05, 0.1) is 17.6 Å². The molecule has 0 aliphatic carbocycles. The number of hydrogen-bond acceptors (Lipinski definition) is 5. The molecule has 0 amide bonds. The first kappa shape index (κ1) is 15.2. The van der Waals surface area contributed by atoms with Gasteiger partial charge in [-0.05, 0) is 52.9 Å². The number of benzene rings is 2. The van der Waals surface area contributed by atoms with Crippen LogP contribution >= 0.6 is 22.6 Å². The van der Waals surface area contributed by atoms with Gasteiger partial charge in [-0.2, -0.15) is 0 Å². The summed E-state index contributed by atoms with van der Waals surface area (Å²) in [5.74, 6) is -0.151. The Kier molecular flexibility index (Phi) is 4.73. The van der Waals surface area contributed by atoms with E-state index >= 15 is 0 Å². The molecule has 6 nitrogen and oxygen atoms in total. The standard InChI is InChI=1S/C14H10INO5/c1-20-14(17)9-2-7-12(16(18)19)13(8-9)21-11-5-3-10(15)4-6-11/h2-8H,1H3. The van der Waals surface area contributed by atoms with Crippen LogP contribution in [0.2, 0.25) is 0 Å². The SMILES string of the molecule is COC(=O)c1ccc([N+](=O)[O-])c(Oc2ccc(I)cc2)c1. The topological polar surface area (TPSA) is 78.7 Å². The number of ether oxygens (including phenoxy) is 2. The van der Waals surface area contributed by atoms with Crippen LogP contribution in [0, 0.1) is 13.7 Å². The van der Waals surface area contributed by atoms with Gasteiger partial charge in [0.25, 0.3) is 0 Å². The molecule has 0 fully saturated rings. The molecule has 0 aromatic heterocycles. The molecule has 0 N–H and O–H groups in total. The highest BCUT2D eigenvalue weighted by Gasteiger charge is 2.19. The minimum absolute atomic E-state index is 0.0101. The van der Waals surface area contributed by atoms with Crippen LogP contribution in [0.15, 0.2) is 42.5 Å². The lowest BCUT2D eigenvalue weighted by Crippen LogP contribution is -2.02. The summed E-state index contributed by atoms with van der Waals surface area (Å²) in [6.45, 7) is 0. The third-order valence-corrected chi connectivity index (χ3v) is 3.34. The largest absolute Gasteiger partial charge is 0.465 e. The molecule has 7 heteroatoms. The van der Waals surface area contributed by atoms with Crippen LogP contribution in [-0.2, 0) is 4.74 Å². The molecule has 0 atom stereocenters. The van der Waals surface area contributed by atoms with Crippen LogP contribution in [0.1, 0.15) is 10.4 Å². The molecule has 2 aromatic rings. The quantitative estimate of drug-likeness (QED) is 0.339. The summed E-state index contributed by atoms with van der Waals surface area (Å²) in [6.07, 6.45) is 0. The summed E-state index contributed by atoms with van der Waals surface area (Å²) in [5, 5.41) is 11.0. The summed E-state index contributed by atoms with van der Waals surface area (Å²) in [7, 11) is 1.24. The summed E-state index contributed by atoms with van der Waals surface area (Å²) in [6, 6.07) is 10.8. The van der Waals surface area contributed by atoms with Crippen LogP contribution in [0.4, 0.5) is 5.69 Å². The predicted octanol–water partition coefficient (Wildman–Crippen LogP) is 3.78. The summed E-state index contributed by atoms with van der Waals surface area (Å²) in [5.41, 5.74) is -0.0372. The fourth-order valence-corrected chi connectivity index (χ4v) is 1.98. The number of nitrogens with zero attached hydrogens (tertiary/aromatic N) is 1. The second-order valence-corrected chi connectivity index (χ2v) is 5.23. The molecule has 0 radical (unpaired) electrons. The summed E-state index contributed by atoms with van der Waals surface area (Å²) < 4.78 is 11.1. The smallest absolute Gasteiger partial charge is 0.337 e. The Morgan fingerprint density at radius 2 is 1.86 bits per heavy atom. The summed E-state index contributed by atoms with van der Waals surface area (Å²) in [4.78, 5) is 22.0. The van der Waals surface area contributed by atoms with E-state index in [1.807, 2.05) is 12.1 Å². The molecule has 21 heavy (non-hydrogen) atoms. The maximum Gasteiger partial charge on any atom is 0.337 e. The van der Waals surface area contributed by atoms with Crippen molar-refractivity contribution in [2.24, 2.45) is 0 Å². The Morgan fingerprint density at radius 3 is 2.43 bits per heavy atom. The van der Waals surface area contributed by atoms with E-state index in [2.05, 4.69) is 27.3 Å². The fourth-order valence-electron chi connectivity index (χ4n) is 1.62. The Morgan fingerprint density at radius 1 is 1.19 bits per heavy atom. The van der Waals surface area contributed by atoms with E-state index < -0.39 is 10.9 Å². The van der Waals surface area contributed by atoms with E-state index in [-0.39, 0.29) is 17.0 Å². The highest BCUT2D eigenvalue weighted by Crippen LogP contribution is 2.32. The Hall–Kier alpha value is -2.16. The number of halogens is 1. The molecular weight excluding hydrogens is 389 g/mol. The van der Waals surface area contributed by atoms with E-state index in [0.717, 1.165) is 3.57 Å². The molecule has 2 aromatic carbocycles. The predicted molar refractivity (Wildman–Crippen MR) is 83.7 cm³/mol. The second kappa shape index (κ2) is 6.53. The molecule has 108 valence electrons. The maximum absolute atomic E-state index is 11.5. The second-order valence-electron chi connectivity index (χ2n) is 3.99. The highest BCUT2D eigenvalue weighted by molar-refractivity contribution is 14.1. The molecule has 0 unspecified atom stereocenters. The van der Waals surface area contributed by atoms with E-state index in [1.165, 1.54) is 25.3 Å². The Labute approximate surface area is 134 Å². The zero-order valence-corrected chi connectivity index (χ0v) is 13.1. The number of methoxy groups -OCH3 is 1. The number of carbonyl (C=O) groups excluding carboxylic acids is 1. The van der Waals surface area contributed by atoms with Crippen molar-refractivity contribution in [1.29, 1.82) is 0 Å². The van der Waals surface area contributed by atoms with E-state index in [0.29, 0.717) is 5.75 Å². The number of nitro groups is 1. The van der Waals surface area contributed by atoms with Crippen LogP contribution in [0.3, 0.4) is 0 Å². The third-order valence-electron chi connectivity index (χ3n) is 2.62. The van der Waals surface area contributed by atoms with Crippen molar-refractivity contribution >= 4 is 34.2 Å². The number of rotatable bonds is 4. The zero-order valence-electron chi connectivity index (χ0n) is 10.9. The lowest BCUT2D eigenvalue weighted by Gasteiger charge is -2.08. The zero-order chi connectivity index (χ0) is 15.4. The first-order valence-corrected chi connectivity index (χ1v) is 6.89. The summed E-state index contributed by atoms with van der Waals surface area (Å²) >= 11 is 2.14. The van der Waals surface area contributed by atoms with Gasteiger partial charge < -0.3 is 9.47 Å². The minimum Gasteiger partial charge on any atom is -0.465 e. The van der Waals surface area contributed by atoms with E-state index in [4.69, 9.17) is 4.74 Å². The average molecular weight is 399 g/mol. The maximum atomic E-state index is 11.5. The number of hydrogen-bond donors (Lipinski definition) is 0. The average Bonchev–Trinajstić information content (AvgIpc) is 2.48. The highest BCUT2D eigenvalue weighted by atomic mass is 127. The van der Waals surface area contributed by atoms with Crippen molar-refractivity contribution in [2.75, 3.05) is 7.11 Å². The van der Waals surface area contributed by atoms with Gasteiger partial charge in [0.2, 0.25) is 5.75 Å². The molecule has 0 aliphatic heterocycles. The fraction of sp³-hybridized carbons (Fsp3) is 0.0714. The van der Waals surface area contributed by atoms with Crippen molar-refractivity contribution in [2.45, 2.75) is 0 Å². The normalized spacial score (nSPS) is 10.0. The monoisotopic (exact) mass is 399 g/mol. The van der Waals surface area contributed by atoms with Crippen molar-refractivity contribution in [3.8, 4) is 11.5 Å². The van der Waals surface area contributed by atoms with E-state index in [9.17, 15) is 14.9 Å². The van der Waals surface area contributed by atoms with Crippen molar-refractivity contribution < 1.29 is 19.2 Å².